The lowest BCUT2D eigenvalue weighted by atomic mass is 10.2. The molecule has 2 aromatic rings. The molecule has 66 valence electrons. The van der Waals surface area contributed by atoms with Gasteiger partial charge in [0.15, 0.2) is 0 Å². The van der Waals surface area contributed by atoms with E-state index in [4.69, 9.17) is 0 Å². The van der Waals surface area contributed by atoms with Crippen LogP contribution < -0.4 is 0 Å². The lowest BCUT2D eigenvalue weighted by Gasteiger charge is -1.89. The van der Waals surface area contributed by atoms with E-state index < -0.39 is 0 Å². The van der Waals surface area contributed by atoms with Crippen molar-refractivity contribution in [1.29, 1.82) is 0 Å². The first-order chi connectivity index (χ1) is 6.27. The van der Waals surface area contributed by atoms with Gasteiger partial charge in [0.05, 0.1) is 5.51 Å². The Morgan fingerprint density at radius 2 is 2.31 bits per heavy atom. The molecule has 0 amide bonds. The maximum atomic E-state index is 11.7. The number of thiazole rings is 1. The number of aryl methyl sites for hydroxylation is 1. The van der Waals surface area contributed by atoms with Crippen molar-refractivity contribution in [2.75, 3.05) is 0 Å². The molecule has 2 rings (SSSR count). The van der Waals surface area contributed by atoms with Gasteiger partial charge in [0.2, 0.25) is 5.78 Å². The Balaban J connectivity index is 2.33. The molecule has 0 saturated carbocycles. The van der Waals surface area contributed by atoms with Crippen molar-refractivity contribution >= 4 is 28.5 Å². The molecule has 0 bridgehead atoms. The van der Waals surface area contributed by atoms with Crippen LogP contribution in [0.3, 0.4) is 0 Å². The van der Waals surface area contributed by atoms with Gasteiger partial charge in [-0.25, -0.2) is 4.98 Å². The summed E-state index contributed by atoms with van der Waals surface area (Å²) >= 11 is 3.03. The van der Waals surface area contributed by atoms with Crippen LogP contribution in [0, 0.1) is 6.92 Å². The number of hydrogen-bond donors (Lipinski definition) is 0. The van der Waals surface area contributed by atoms with E-state index in [1.807, 2.05) is 18.4 Å². The summed E-state index contributed by atoms with van der Waals surface area (Å²) in [7, 11) is 0. The fraction of sp³-hybridized carbons (Fsp3) is 0.111. The Kier molecular flexibility index (Phi) is 2.24. The summed E-state index contributed by atoms with van der Waals surface area (Å²) < 4.78 is 0. The SMILES string of the molecule is Cc1cc(C(=O)c2cscn2)cs1. The van der Waals surface area contributed by atoms with Crippen molar-refractivity contribution in [2.45, 2.75) is 6.92 Å². The van der Waals surface area contributed by atoms with E-state index in [1.165, 1.54) is 11.3 Å². The van der Waals surface area contributed by atoms with Crippen LogP contribution >= 0.6 is 22.7 Å². The van der Waals surface area contributed by atoms with E-state index in [1.54, 1.807) is 22.2 Å². The minimum absolute atomic E-state index is 0.0191. The molecule has 0 saturated heterocycles. The molecule has 4 heteroatoms. The minimum atomic E-state index is 0.0191. The molecule has 0 fully saturated rings. The second-order valence-electron chi connectivity index (χ2n) is 2.65. The van der Waals surface area contributed by atoms with Gasteiger partial charge in [-0.2, -0.15) is 0 Å². The van der Waals surface area contributed by atoms with Crippen LogP contribution in [0.5, 0.6) is 0 Å². The predicted octanol–water partition coefficient (Wildman–Crippen LogP) is 2.74. The van der Waals surface area contributed by atoms with Crippen LogP contribution in [0.2, 0.25) is 0 Å². The number of rotatable bonds is 2. The molecular formula is C9H7NOS2. The molecule has 2 aromatic heterocycles. The number of thiophene rings is 1. The molecular weight excluding hydrogens is 202 g/mol. The van der Waals surface area contributed by atoms with Crippen molar-refractivity contribution in [3.63, 3.8) is 0 Å². The molecule has 0 N–H and O–H groups in total. The summed E-state index contributed by atoms with van der Waals surface area (Å²) in [6.45, 7) is 1.99. The number of aromatic nitrogens is 1. The highest BCUT2D eigenvalue weighted by atomic mass is 32.1. The maximum Gasteiger partial charge on any atom is 0.213 e. The summed E-state index contributed by atoms with van der Waals surface area (Å²) in [4.78, 5) is 16.8. The summed E-state index contributed by atoms with van der Waals surface area (Å²) in [5.41, 5.74) is 2.96. The van der Waals surface area contributed by atoms with E-state index in [2.05, 4.69) is 4.98 Å². The van der Waals surface area contributed by atoms with Crippen LogP contribution in [-0.4, -0.2) is 10.8 Å². The van der Waals surface area contributed by atoms with Crippen LogP contribution in [0.1, 0.15) is 20.9 Å². The highest BCUT2D eigenvalue weighted by Crippen LogP contribution is 2.16. The largest absolute Gasteiger partial charge is 0.287 e. The van der Waals surface area contributed by atoms with Gasteiger partial charge < -0.3 is 0 Å². The van der Waals surface area contributed by atoms with Gasteiger partial charge >= 0.3 is 0 Å². The molecule has 2 heterocycles. The van der Waals surface area contributed by atoms with Gasteiger partial charge in [-0.1, -0.05) is 0 Å². The fourth-order valence-electron chi connectivity index (χ4n) is 1.04. The molecule has 0 unspecified atom stereocenters. The first kappa shape index (κ1) is 8.59. The molecule has 0 aliphatic rings. The van der Waals surface area contributed by atoms with Gasteiger partial charge in [0.1, 0.15) is 5.69 Å². The summed E-state index contributed by atoms with van der Waals surface area (Å²) in [5, 5.41) is 3.65. The predicted molar refractivity (Wildman–Crippen MR) is 54.6 cm³/mol. The number of hydrogen-bond acceptors (Lipinski definition) is 4. The Morgan fingerprint density at radius 1 is 1.46 bits per heavy atom. The van der Waals surface area contributed by atoms with E-state index in [9.17, 15) is 4.79 Å². The fourth-order valence-corrected chi connectivity index (χ4v) is 2.25. The maximum absolute atomic E-state index is 11.7. The van der Waals surface area contributed by atoms with Gasteiger partial charge in [0.25, 0.3) is 0 Å². The lowest BCUT2D eigenvalue weighted by molar-refractivity contribution is 0.103. The van der Waals surface area contributed by atoms with E-state index in [0.29, 0.717) is 5.69 Å². The van der Waals surface area contributed by atoms with Crippen molar-refractivity contribution in [3.05, 3.63) is 38.5 Å². The third-order valence-corrected chi connectivity index (χ3v) is 3.11. The Bertz CT molecular complexity index is 417. The molecule has 13 heavy (non-hydrogen) atoms. The Morgan fingerprint density at radius 3 is 2.85 bits per heavy atom. The minimum Gasteiger partial charge on any atom is -0.287 e. The van der Waals surface area contributed by atoms with Crippen molar-refractivity contribution in [3.8, 4) is 0 Å². The first-order valence-electron chi connectivity index (χ1n) is 3.75. The second kappa shape index (κ2) is 3.40. The zero-order valence-corrected chi connectivity index (χ0v) is 8.61. The highest BCUT2D eigenvalue weighted by Gasteiger charge is 2.11. The third-order valence-electron chi connectivity index (χ3n) is 1.66. The van der Waals surface area contributed by atoms with Crippen molar-refractivity contribution < 1.29 is 4.79 Å². The van der Waals surface area contributed by atoms with Crippen LogP contribution in [0.15, 0.2) is 22.3 Å². The summed E-state index contributed by atoms with van der Waals surface area (Å²) in [6, 6.07) is 1.90. The van der Waals surface area contributed by atoms with Gasteiger partial charge in [-0.05, 0) is 13.0 Å². The Hall–Kier alpha value is -1.00. The monoisotopic (exact) mass is 209 g/mol. The number of carbonyl (C=O) groups excluding carboxylic acids is 1. The number of ketones is 1. The van der Waals surface area contributed by atoms with Crippen LogP contribution in [-0.2, 0) is 0 Å². The second-order valence-corrected chi connectivity index (χ2v) is 4.48. The highest BCUT2D eigenvalue weighted by molar-refractivity contribution is 7.10. The van der Waals surface area contributed by atoms with Gasteiger partial charge in [0, 0.05) is 21.2 Å². The zero-order valence-electron chi connectivity index (χ0n) is 6.98. The first-order valence-corrected chi connectivity index (χ1v) is 5.57. The molecule has 0 aliphatic heterocycles. The van der Waals surface area contributed by atoms with Crippen molar-refractivity contribution in [2.24, 2.45) is 0 Å². The molecule has 0 aliphatic carbocycles. The third kappa shape index (κ3) is 1.68. The molecule has 0 radical (unpaired) electrons. The summed E-state index contributed by atoms with van der Waals surface area (Å²) in [6.07, 6.45) is 0. The van der Waals surface area contributed by atoms with Crippen molar-refractivity contribution in [1.82, 2.24) is 4.98 Å². The summed E-state index contributed by atoms with van der Waals surface area (Å²) in [5.74, 6) is 0.0191. The quantitative estimate of drug-likeness (QED) is 0.712. The molecule has 0 aromatic carbocycles. The van der Waals surface area contributed by atoms with Gasteiger partial charge in [-0.3, -0.25) is 4.79 Å². The normalized spacial score (nSPS) is 10.2. The van der Waals surface area contributed by atoms with Gasteiger partial charge in [-0.15, -0.1) is 22.7 Å². The average Bonchev–Trinajstić information content (AvgIpc) is 2.72. The van der Waals surface area contributed by atoms with E-state index in [0.717, 1.165) is 10.4 Å². The van der Waals surface area contributed by atoms with Crippen LogP contribution in [0.25, 0.3) is 0 Å². The molecule has 2 nitrogen and oxygen atoms in total. The number of nitrogens with zero attached hydrogens (tertiary/aromatic N) is 1. The zero-order chi connectivity index (χ0) is 9.26. The van der Waals surface area contributed by atoms with E-state index >= 15 is 0 Å². The van der Waals surface area contributed by atoms with E-state index in [-0.39, 0.29) is 5.78 Å². The number of carbonyl (C=O) groups is 1. The average molecular weight is 209 g/mol. The smallest absolute Gasteiger partial charge is 0.213 e. The Labute approximate surface area is 83.9 Å². The standard InChI is InChI=1S/C9H7NOS2/c1-6-2-7(3-13-6)9(11)8-4-12-5-10-8/h2-5H,1H3. The van der Waals surface area contributed by atoms with Crippen LogP contribution in [0.4, 0.5) is 0 Å². The molecule has 0 atom stereocenters. The molecule has 0 spiro atoms. The topological polar surface area (TPSA) is 30.0 Å². The lowest BCUT2D eigenvalue weighted by Crippen LogP contribution is -1.98.